The zero-order valence-corrected chi connectivity index (χ0v) is 16.7. The molecule has 8 heteroatoms. The van der Waals surface area contributed by atoms with E-state index in [1.165, 1.54) is 12.0 Å². The number of hydrogen-bond acceptors (Lipinski definition) is 5. The number of ether oxygens (including phenoxy) is 2. The summed E-state index contributed by atoms with van der Waals surface area (Å²) in [6.45, 7) is 0.408. The number of nitrogens with two attached hydrogens (primary N) is 1. The second kappa shape index (κ2) is 8.93. The molecule has 1 aromatic heterocycles. The predicted octanol–water partition coefficient (Wildman–Crippen LogP) is 3.12. The van der Waals surface area contributed by atoms with Crippen LogP contribution in [0.1, 0.15) is 29.9 Å². The Balaban J connectivity index is 0.00000225. The van der Waals surface area contributed by atoms with Gasteiger partial charge in [0, 0.05) is 23.7 Å². The number of methoxy groups -OCH3 is 2. The van der Waals surface area contributed by atoms with Crippen molar-refractivity contribution >= 4 is 35.6 Å². The Morgan fingerprint density at radius 1 is 1.24 bits per heavy atom. The van der Waals surface area contributed by atoms with Crippen LogP contribution in [0.2, 0.25) is 0 Å². The molecular weight excluding hydrogens is 435 g/mol. The third-order valence-electron chi connectivity index (χ3n) is 4.09. The van der Waals surface area contributed by atoms with Crippen LogP contribution in [-0.2, 0) is 19.4 Å². The van der Waals surface area contributed by atoms with E-state index in [4.69, 9.17) is 19.7 Å². The fourth-order valence-electron chi connectivity index (χ4n) is 2.83. The fraction of sp³-hybridized carbons (Fsp3) is 0.412. The lowest BCUT2D eigenvalue weighted by molar-refractivity contribution is 0.355. The maximum atomic E-state index is 5.97. The van der Waals surface area contributed by atoms with Crippen molar-refractivity contribution in [1.29, 1.82) is 0 Å². The average molecular weight is 458 g/mol. The van der Waals surface area contributed by atoms with Crippen LogP contribution in [0.5, 0.6) is 11.5 Å². The number of guanidine groups is 1. The van der Waals surface area contributed by atoms with Crippen LogP contribution >= 0.6 is 24.0 Å². The van der Waals surface area contributed by atoms with E-state index in [0.29, 0.717) is 24.0 Å². The lowest BCUT2D eigenvalue weighted by Gasteiger charge is -2.11. The van der Waals surface area contributed by atoms with Gasteiger partial charge in [0.2, 0.25) is 0 Å². The van der Waals surface area contributed by atoms with Crippen LogP contribution in [0.15, 0.2) is 27.7 Å². The van der Waals surface area contributed by atoms with E-state index in [9.17, 15) is 0 Å². The maximum absolute atomic E-state index is 5.97. The SMILES string of the molecule is COc1ccc(NC(N)=NCc2noc3c2CCCC3)cc1OC.I. The summed E-state index contributed by atoms with van der Waals surface area (Å²) >= 11 is 0. The number of hydrogen-bond donors (Lipinski definition) is 2. The second-order valence-corrected chi connectivity index (χ2v) is 5.63. The molecule has 136 valence electrons. The molecule has 1 heterocycles. The maximum Gasteiger partial charge on any atom is 0.193 e. The second-order valence-electron chi connectivity index (χ2n) is 5.63. The largest absolute Gasteiger partial charge is 0.493 e. The monoisotopic (exact) mass is 458 g/mol. The van der Waals surface area contributed by atoms with Crippen LogP contribution in [-0.4, -0.2) is 25.3 Å². The van der Waals surface area contributed by atoms with Gasteiger partial charge in [-0.2, -0.15) is 0 Å². The number of fused-ring (bicyclic) bond motifs is 1. The third-order valence-corrected chi connectivity index (χ3v) is 4.09. The number of rotatable bonds is 5. The van der Waals surface area contributed by atoms with Gasteiger partial charge in [0.25, 0.3) is 0 Å². The number of aryl methyl sites for hydroxylation is 1. The Bertz CT molecular complexity index is 745. The first-order valence-corrected chi connectivity index (χ1v) is 7.96. The van der Waals surface area contributed by atoms with E-state index in [1.54, 1.807) is 20.3 Å². The summed E-state index contributed by atoms with van der Waals surface area (Å²) in [6.07, 6.45) is 4.30. The molecular formula is C17H23IN4O3. The Morgan fingerprint density at radius 3 is 2.76 bits per heavy atom. The van der Waals surface area contributed by atoms with Gasteiger partial charge in [-0.3, -0.25) is 0 Å². The summed E-state index contributed by atoms with van der Waals surface area (Å²) in [5.41, 5.74) is 8.82. The molecule has 0 spiro atoms. The zero-order valence-electron chi connectivity index (χ0n) is 14.4. The molecule has 0 amide bonds. The molecule has 7 nitrogen and oxygen atoms in total. The summed E-state index contributed by atoms with van der Waals surface area (Å²) in [4.78, 5) is 4.36. The molecule has 25 heavy (non-hydrogen) atoms. The summed E-state index contributed by atoms with van der Waals surface area (Å²) in [5.74, 6) is 2.60. The quantitative estimate of drug-likeness (QED) is 0.406. The first-order valence-electron chi connectivity index (χ1n) is 7.96. The number of aromatic nitrogens is 1. The van der Waals surface area contributed by atoms with E-state index in [2.05, 4.69) is 15.5 Å². The number of nitrogens with zero attached hydrogens (tertiary/aromatic N) is 2. The highest BCUT2D eigenvalue weighted by molar-refractivity contribution is 14.0. The Kier molecular flexibility index (Phi) is 6.91. The summed E-state index contributed by atoms with van der Waals surface area (Å²) < 4.78 is 15.9. The molecule has 1 aliphatic carbocycles. The van der Waals surface area contributed by atoms with Gasteiger partial charge < -0.3 is 25.0 Å². The minimum atomic E-state index is 0. The average Bonchev–Trinajstić information content (AvgIpc) is 3.03. The minimum absolute atomic E-state index is 0. The molecule has 0 saturated carbocycles. The van der Waals surface area contributed by atoms with Crippen LogP contribution in [0.25, 0.3) is 0 Å². The number of halogens is 1. The van der Waals surface area contributed by atoms with Gasteiger partial charge in [0.15, 0.2) is 17.5 Å². The van der Waals surface area contributed by atoms with Crippen LogP contribution in [0, 0.1) is 0 Å². The Hall–Kier alpha value is -1.97. The molecule has 0 atom stereocenters. The molecule has 0 aliphatic heterocycles. The molecule has 0 bridgehead atoms. The Labute approximate surface area is 164 Å². The van der Waals surface area contributed by atoms with Crippen molar-refractivity contribution in [3.8, 4) is 11.5 Å². The predicted molar refractivity (Wildman–Crippen MR) is 107 cm³/mol. The number of anilines is 1. The van der Waals surface area contributed by atoms with Gasteiger partial charge in [-0.15, -0.1) is 24.0 Å². The van der Waals surface area contributed by atoms with Gasteiger partial charge in [-0.25, -0.2) is 4.99 Å². The molecule has 0 unspecified atom stereocenters. The lowest BCUT2D eigenvalue weighted by atomic mass is 9.96. The van der Waals surface area contributed by atoms with Gasteiger partial charge in [-0.05, 0) is 31.4 Å². The first kappa shape index (κ1) is 19.4. The molecule has 1 aromatic carbocycles. The molecule has 3 N–H and O–H groups in total. The van der Waals surface area contributed by atoms with E-state index >= 15 is 0 Å². The molecule has 2 aromatic rings. The molecule has 1 aliphatic rings. The highest BCUT2D eigenvalue weighted by atomic mass is 127. The van der Waals surface area contributed by atoms with Crippen LogP contribution in [0.4, 0.5) is 5.69 Å². The van der Waals surface area contributed by atoms with E-state index in [0.717, 1.165) is 36.4 Å². The summed E-state index contributed by atoms with van der Waals surface area (Å²) in [7, 11) is 3.19. The van der Waals surface area contributed by atoms with Crippen molar-refractivity contribution in [2.24, 2.45) is 10.7 Å². The number of nitrogens with one attached hydrogen (secondary N) is 1. The van der Waals surface area contributed by atoms with E-state index in [1.807, 2.05) is 12.1 Å². The van der Waals surface area contributed by atoms with Crippen molar-refractivity contribution < 1.29 is 14.0 Å². The van der Waals surface area contributed by atoms with E-state index in [-0.39, 0.29) is 24.0 Å². The van der Waals surface area contributed by atoms with Crippen LogP contribution < -0.4 is 20.5 Å². The van der Waals surface area contributed by atoms with Gasteiger partial charge in [0.05, 0.1) is 20.8 Å². The van der Waals surface area contributed by atoms with Crippen molar-refractivity contribution in [1.82, 2.24) is 5.16 Å². The number of aliphatic imine (C=N–C) groups is 1. The molecule has 0 radical (unpaired) electrons. The topological polar surface area (TPSA) is 94.9 Å². The summed E-state index contributed by atoms with van der Waals surface area (Å²) in [5, 5.41) is 7.17. The third kappa shape index (κ3) is 4.56. The normalized spacial score (nSPS) is 13.6. The zero-order chi connectivity index (χ0) is 16.9. The molecule has 3 rings (SSSR count). The van der Waals surface area contributed by atoms with Crippen LogP contribution in [0.3, 0.4) is 0 Å². The highest BCUT2D eigenvalue weighted by Crippen LogP contribution is 2.29. The summed E-state index contributed by atoms with van der Waals surface area (Å²) in [6, 6.07) is 5.46. The minimum Gasteiger partial charge on any atom is -0.493 e. The highest BCUT2D eigenvalue weighted by Gasteiger charge is 2.18. The van der Waals surface area contributed by atoms with E-state index < -0.39 is 0 Å². The van der Waals surface area contributed by atoms with Crippen molar-refractivity contribution in [3.63, 3.8) is 0 Å². The smallest absolute Gasteiger partial charge is 0.193 e. The number of benzene rings is 1. The lowest BCUT2D eigenvalue weighted by Crippen LogP contribution is -2.22. The molecule has 0 fully saturated rings. The first-order chi connectivity index (χ1) is 11.7. The fourth-order valence-corrected chi connectivity index (χ4v) is 2.83. The van der Waals surface area contributed by atoms with Crippen molar-refractivity contribution in [2.45, 2.75) is 32.2 Å². The van der Waals surface area contributed by atoms with Gasteiger partial charge in [0.1, 0.15) is 11.5 Å². The van der Waals surface area contributed by atoms with Crippen molar-refractivity contribution in [3.05, 3.63) is 35.2 Å². The van der Waals surface area contributed by atoms with Crippen molar-refractivity contribution in [2.75, 3.05) is 19.5 Å². The Morgan fingerprint density at radius 2 is 2.00 bits per heavy atom. The molecule has 0 saturated heterocycles. The standard InChI is InChI=1S/C17H22N4O3.HI/c1-22-15-8-7-11(9-16(15)23-2)20-17(18)19-10-13-12-5-3-4-6-14(12)24-21-13;/h7-9H,3-6,10H2,1-2H3,(H3,18,19,20);1H. The van der Waals surface area contributed by atoms with Gasteiger partial charge in [-0.1, -0.05) is 5.16 Å². The van der Waals surface area contributed by atoms with Gasteiger partial charge >= 0.3 is 0 Å².